The highest BCUT2D eigenvalue weighted by atomic mass is 15.3. The van der Waals surface area contributed by atoms with Gasteiger partial charge in [-0.1, -0.05) is 12.2 Å². The van der Waals surface area contributed by atoms with Gasteiger partial charge in [0.2, 0.25) is 0 Å². The smallest absolute Gasteiger partial charge is 0.0892 e. The molecule has 0 unspecified atom stereocenters. The first-order chi connectivity index (χ1) is 5.45. The Hall–Kier alpha value is -0.920. The number of rotatable bonds is 2. The molecule has 0 aromatic heterocycles. The summed E-state index contributed by atoms with van der Waals surface area (Å²) in [5, 5.41) is 0. The van der Waals surface area contributed by atoms with Crippen LogP contribution in [0.1, 0.15) is 12.8 Å². The molecule has 0 spiro atoms. The summed E-state index contributed by atoms with van der Waals surface area (Å²) in [4.78, 5) is 4.71. The van der Waals surface area contributed by atoms with Crippen LogP contribution in [0.3, 0.4) is 0 Å². The second kappa shape index (κ2) is 2.99. The van der Waals surface area contributed by atoms with Gasteiger partial charge in [-0.25, -0.2) is 0 Å². The molecular formula is C9H14N2. The lowest BCUT2D eigenvalue weighted by Gasteiger charge is -2.23. The van der Waals surface area contributed by atoms with Crippen molar-refractivity contribution in [2.24, 2.45) is 0 Å². The van der Waals surface area contributed by atoms with E-state index in [4.69, 9.17) is 0 Å². The second-order valence-corrected chi connectivity index (χ2v) is 3.11. The standard InChI is InChI=1S/C9H14N2/c1-2-6-10(5-1)9-11-7-3-4-8-11/h1,3,5,7H,2,4,6,8-9H2. The maximum Gasteiger partial charge on any atom is 0.0892 e. The van der Waals surface area contributed by atoms with Crippen molar-refractivity contribution in [2.45, 2.75) is 12.8 Å². The Morgan fingerprint density at radius 3 is 1.82 bits per heavy atom. The Morgan fingerprint density at radius 1 is 0.909 bits per heavy atom. The monoisotopic (exact) mass is 150 g/mol. The highest BCUT2D eigenvalue weighted by Crippen LogP contribution is 2.09. The van der Waals surface area contributed by atoms with Gasteiger partial charge in [-0.15, -0.1) is 0 Å². The van der Waals surface area contributed by atoms with Crippen molar-refractivity contribution in [1.82, 2.24) is 9.80 Å². The molecule has 2 heteroatoms. The van der Waals surface area contributed by atoms with E-state index >= 15 is 0 Å². The number of nitrogens with zero attached hydrogens (tertiary/aromatic N) is 2. The molecule has 2 aliphatic heterocycles. The van der Waals surface area contributed by atoms with E-state index in [1.165, 1.54) is 25.9 Å². The van der Waals surface area contributed by atoms with E-state index in [1.54, 1.807) is 0 Å². The summed E-state index contributed by atoms with van der Waals surface area (Å²) >= 11 is 0. The topological polar surface area (TPSA) is 6.48 Å². The van der Waals surface area contributed by atoms with Crippen LogP contribution < -0.4 is 0 Å². The molecule has 2 nitrogen and oxygen atoms in total. The van der Waals surface area contributed by atoms with Gasteiger partial charge in [0, 0.05) is 13.1 Å². The molecule has 60 valence electrons. The lowest BCUT2D eigenvalue weighted by atomic mass is 10.5. The van der Waals surface area contributed by atoms with Gasteiger partial charge < -0.3 is 9.80 Å². The van der Waals surface area contributed by atoms with Crippen molar-refractivity contribution in [3.8, 4) is 0 Å². The summed E-state index contributed by atoms with van der Waals surface area (Å²) in [5.74, 6) is 0. The molecule has 2 aliphatic rings. The van der Waals surface area contributed by atoms with E-state index in [9.17, 15) is 0 Å². The summed E-state index contributed by atoms with van der Waals surface area (Å²) in [7, 11) is 0. The molecular weight excluding hydrogens is 136 g/mol. The van der Waals surface area contributed by atoms with E-state index < -0.39 is 0 Å². The first kappa shape index (κ1) is 6.77. The molecule has 2 heterocycles. The highest BCUT2D eigenvalue weighted by molar-refractivity contribution is 4.95. The molecule has 11 heavy (non-hydrogen) atoms. The van der Waals surface area contributed by atoms with Gasteiger partial charge in [-0.3, -0.25) is 0 Å². The summed E-state index contributed by atoms with van der Waals surface area (Å²) in [5.41, 5.74) is 0. The third-order valence-electron chi connectivity index (χ3n) is 2.16. The predicted molar refractivity (Wildman–Crippen MR) is 45.8 cm³/mol. The molecule has 0 saturated carbocycles. The zero-order valence-electron chi connectivity index (χ0n) is 6.74. The molecule has 0 amide bonds. The highest BCUT2D eigenvalue weighted by Gasteiger charge is 2.09. The van der Waals surface area contributed by atoms with E-state index in [1.807, 2.05) is 0 Å². The summed E-state index contributed by atoms with van der Waals surface area (Å²) in [6.45, 7) is 3.47. The van der Waals surface area contributed by atoms with E-state index in [-0.39, 0.29) is 0 Å². The van der Waals surface area contributed by atoms with Gasteiger partial charge >= 0.3 is 0 Å². The number of hydrogen-bond acceptors (Lipinski definition) is 2. The van der Waals surface area contributed by atoms with E-state index in [2.05, 4.69) is 34.4 Å². The Balaban J connectivity index is 1.80. The third-order valence-corrected chi connectivity index (χ3v) is 2.16. The summed E-state index contributed by atoms with van der Waals surface area (Å²) in [6.07, 6.45) is 11.3. The van der Waals surface area contributed by atoms with Gasteiger partial charge in [-0.2, -0.15) is 0 Å². The van der Waals surface area contributed by atoms with Crippen LogP contribution in [0.4, 0.5) is 0 Å². The van der Waals surface area contributed by atoms with Crippen LogP contribution in [0.25, 0.3) is 0 Å². The van der Waals surface area contributed by atoms with Crippen molar-refractivity contribution < 1.29 is 0 Å². The molecule has 0 aromatic carbocycles. The Morgan fingerprint density at radius 2 is 1.45 bits per heavy atom. The number of hydrogen-bond donors (Lipinski definition) is 0. The molecule has 0 saturated heterocycles. The quantitative estimate of drug-likeness (QED) is 0.587. The van der Waals surface area contributed by atoms with Gasteiger partial charge in [0.25, 0.3) is 0 Å². The van der Waals surface area contributed by atoms with Crippen molar-refractivity contribution in [3.05, 3.63) is 24.6 Å². The molecule has 0 bridgehead atoms. The molecule has 0 atom stereocenters. The average molecular weight is 150 g/mol. The SMILES string of the molecule is C1=CN(CN2C=CCC2)CC1. The minimum absolute atomic E-state index is 1.08. The molecule has 0 aliphatic carbocycles. The molecule has 0 aromatic rings. The fourth-order valence-corrected chi connectivity index (χ4v) is 1.55. The van der Waals surface area contributed by atoms with Crippen molar-refractivity contribution in [3.63, 3.8) is 0 Å². The fourth-order valence-electron chi connectivity index (χ4n) is 1.55. The van der Waals surface area contributed by atoms with E-state index in [0.29, 0.717) is 0 Å². The first-order valence-electron chi connectivity index (χ1n) is 4.26. The van der Waals surface area contributed by atoms with Crippen LogP contribution in [0, 0.1) is 0 Å². The third kappa shape index (κ3) is 1.56. The van der Waals surface area contributed by atoms with Gasteiger partial charge in [0.05, 0.1) is 6.67 Å². The lowest BCUT2D eigenvalue weighted by Crippen LogP contribution is -2.29. The summed E-state index contributed by atoms with van der Waals surface area (Å²) < 4.78 is 0. The minimum atomic E-state index is 1.08. The molecule has 0 radical (unpaired) electrons. The maximum atomic E-state index is 2.36. The molecule has 0 fully saturated rings. The summed E-state index contributed by atoms with van der Waals surface area (Å²) in [6, 6.07) is 0. The maximum absolute atomic E-state index is 2.36. The average Bonchev–Trinajstić information content (AvgIpc) is 2.60. The van der Waals surface area contributed by atoms with Crippen LogP contribution in [-0.2, 0) is 0 Å². The second-order valence-electron chi connectivity index (χ2n) is 3.11. The minimum Gasteiger partial charge on any atom is -0.360 e. The van der Waals surface area contributed by atoms with Crippen LogP contribution in [0.15, 0.2) is 24.6 Å². The zero-order valence-corrected chi connectivity index (χ0v) is 6.74. The van der Waals surface area contributed by atoms with Gasteiger partial charge in [0.1, 0.15) is 0 Å². The zero-order chi connectivity index (χ0) is 7.52. The first-order valence-corrected chi connectivity index (χ1v) is 4.26. The largest absolute Gasteiger partial charge is 0.360 e. The van der Waals surface area contributed by atoms with Crippen LogP contribution >= 0.6 is 0 Å². The van der Waals surface area contributed by atoms with Crippen molar-refractivity contribution in [1.29, 1.82) is 0 Å². The van der Waals surface area contributed by atoms with Crippen LogP contribution in [0.5, 0.6) is 0 Å². The lowest BCUT2D eigenvalue weighted by molar-refractivity contribution is 0.250. The van der Waals surface area contributed by atoms with Crippen LogP contribution in [-0.4, -0.2) is 29.6 Å². The Kier molecular flexibility index (Phi) is 1.84. The molecule has 2 rings (SSSR count). The van der Waals surface area contributed by atoms with Gasteiger partial charge in [-0.05, 0) is 25.2 Å². The molecule has 0 N–H and O–H groups in total. The van der Waals surface area contributed by atoms with Gasteiger partial charge in [0.15, 0.2) is 0 Å². The van der Waals surface area contributed by atoms with E-state index in [0.717, 1.165) is 6.67 Å². The van der Waals surface area contributed by atoms with Crippen molar-refractivity contribution >= 4 is 0 Å². The normalized spacial score (nSPS) is 22.2. The Labute approximate surface area is 67.8 Å². The fraction of sp³-hybridized carbons (Fsp3) is 0.556. The Bertz CT molecular complexity index is 164. The predicted octanol–water partition coefficient (Wildman–Crippen LogP) is 1.38. The van der Waals surface area contributed by atoms with Crippen molar-refractivity contribution in [2.75, 3.05) is 19.8 Å². The van der Waals surface area contributed by atoms with Crippen LogP contribution in [0.2, 0.25) is 0 Å².